The molecule has 0 bridgehead atoms. The molecule has 0 atom stereocenters. The van der Waals surface area contributed by atoms with Crippen LogP contribution in [0, 0.1) is 0 Å². The molecule has 3 rings (SSSR count). The highest BCUT2D eigenvalue weighted by atomic mass is 32.1. The summed E-state index contributed by atoms with van der Waals surface area (Å²) in [6.45, 7) is 7.22. The molecule has 1 aromatic carbocycles. The van der Waals surface area contributed by atoms with E-state index in [1.165, 1.54) is 10.7 Å². The maximum atomic E-state index is 4.67. The van der Waals surface area contributed by atoms with Crippen molar-refractivity contribution in [2.45, 2.75) is 45.2 Å². The van der Waals surface area contributed by atoms with Crippen LogP contribution >= 0.6 is 11.3 Å². The molecule has 2 N–H and O–H groups in total. The standard InChI is InChI=1S/C20H29N5S/c1-15(2)19-23-17(14-26-19)13-22-20(21-3)24-16-9-11-25(12-10-16)18-7-5-4-6-8-18/h4-8,14-16H,9-13H2,1-3H3,(H2,21,22,24). The number of thiazole rings is 1. The van der Waals surface area contributed by atoms with E-state index in [1.54, 1.807) is 11.3 Å². The molecule has 5 nitrogen and oxygen atoms in total. The largest absolute Gasteiger partial charge is 0.371 e. The van der Waals surface area contributed by atoms with Crippen molar-refractivity contribution in [1.29, 1.82) is 0 Å². The van der Waals surface area contributed by atoms with Crippen LogP contribution in [-0.2, 0) is 6.54 Å². The van der Waals surface area contributed by atoms with Gasteiger partial charge >= 0.3 is 0 Å². The predicted octanol–water partition coefficient (Wildman–Crippen LogP) is 3.60. The van der Waals surface area contributed by atoms with Gasteiger partial charge in [-0.05, 0) is 25.0 Å². The van der Waals surface area contributed by atoms with Crippen molar-refractivity contribution in [2.75, 3.05) is 25.0 Å². The first-order valence-electron chi connectivity index (χ1n) is 9.37. The third-order valence-corrected chi connectivity index (χ3v) is 5.88. The van der Waals surface area contributed by atoms with Crippen molar-refractivity contribution in [3.05, 3.63) is 46.4 Å². The molecule has 0 spiro atoms. The molecule has 0 unspecified atom stereocenters. The monoisotopic (exact) mass is 371 g/mol. The number of nitrogens with one attached hydrogen (secondary N) is 2. The highest BCUT2D eigenvalue weighted by Crippen LogP contribution is 2.20. The number of aromatic nitrogens is 1. The zero-order valence-electron chi connectivity index (χ0n) is 15.9. The lowest BCUT2D eigenvalue weighted by atomic mass is 10.0. The Kier molecular flexibility index (Phi) is 6.50. The Hall–Kier alpha value is -2.08. The fourth-order valence-electron chi connectivity index (χ4n) is 3.15. The molecular weight excluding hydrogens is 342 g/mol. The van der Waals surface area contributed by atoms with Gasteiger partial charge in [0.2, 0.25) is 0 Å². The summed E-state index contributed by atoms with van der Waals surface area (Å²) in [6, 6.07) is 11.1. The SMILES string of the molecule is CN=C(NCc1csc(C(C)C)n1)NC1CCN(c2ccccc2)CC1. The summed E-state index contributed by atoms with van der Waals surface area (Å²) in [4.78, 5) is 11.5. The van der Waals surface area contributed by atoms with Crippen molar-refractivity contribution in [1.82, 2.24) is 15.6 Å². The number of aliphatic imine (C=N–C) groups is 1. The quantitative estimate of drug-likeness (QED) is 0.623. The molecule has 0 amide bonds. The van der Waals surface area contributed by atoms with Gasteiger partial charge in [0.15, 0.2) is 5.96 Å². The Balaban J connectivity index is 1.45. The molecule has 1 aliphatic rings. The molecule has 140 valence electrons. The minimum absolute atomic E-state index is 0.461. The number of hydrogen-bond donors (Lipinski definition) is 2. The summed E-state index contributed by atoms with van der Waals surface area (Å²) in [6.07, 6.45) is 2.23. The zero-order chi connectivity index (χ0) is 18.4. The molecule has 1 saturated heterocycles. The van der Waals surface area contributed by atoms with E-state index >= 15 is 0 Å². The zero-order valence-corrected chi connectivity index (χ0v) is 16.7. The predicted molar refractivity (Wildman–Crippen MR) is 111 cm³/mol. The van der Waals surface area contributed by atoms with E-state index in [0.717, 1.165) is 37.6 Å². The summed E-state index contributed by atoms with van der Waals surface area (Å²) in [5, 5.41) is 10.3. The lowest BCUT2D eigenvalue weighted by molar-refractivity contribution is 0.461. The van der Waals surface area contributed by atoms with Crippen LogP contribution < -0.4 is 15.5 Å². The van der Waals surface area contributed by atoms with Crippen LogP contribution in [0.15, 0.2) is 40.7 Å². The maximum absolute atomic E-state index is 4.67. The van der Waals surface area contributed by atoms with Crippen molar-refractivity contribution in [3.8, 4) is 0 Å². The van der Waals surface area contributed by atoms with Crippen molar-refractivity contribution in [3.63, 3.8) is 0 Å². The number of rotatable bonds is 5. The second-order valence-corrected chi connectivity index (χ2v) is 7.89. The number of anilines is 1. The van der Waals surface area contributed by atoms with Gasteiger partial charge in [-0.25, -0.2) is 4.98 Å². The number of benzene rings is 1. The van der Waals surface area contributed by atoms with Crippen LogP contribution in [0.3, 0.4) is 0 Å². The van der Waals surface area contributed by atoms with Crippen LogP contribution in [0.5, 0.6) is 0 Å². The van der Waals surface area contributed by atoms with Crippen molar-refractivity contribution >= 4 is 23.0 Å². The van der Waals surface area contributed by atoms with Crippen LogP contribution in [0.2, 0.25) is 0 Å². The average Bonchev–Trinajstić information content (AvgIpc) is 3.16. The minimum atomic E-state index is 0.461. The van der Waals surface area contributed by atoms with E-state index < -0.39 is 0 Å². The van der Waals surface area contributed by atoms with Crippen molar-refractivity contribution < 1.29 is 0 Å². The molecule has 6 heteroatoms. The molecule has 2 heterocycles. The van der Waals surface area contributed by atoms with Gasteiger partial charge in [-0.3, -0.25) is 4.99 Å². The van der Waals surface area contributed by atoms with Gasteiger partial charge in [0.25, 0.3) is 0 Å². The summed E-state index contributed by atoms with van der Waals surface area (Å²) in [5.74, 6) is 1.35. The molecular formula is C20H29N5S. The summed E-state index contributed by atoms with van der Waals surface area (Å²) in [7, 11) is 1.83. The van der Waals surface area contributed by atoms with Gasteiger partial charge < -0.3 is 15.5 Å². The smallest absolute Gasteiger partial charge is 0.191 e. The normalized spacial score (nSPS) is 16.2. The minimum Gasteiger partial charge on any atom is -0.371 e. The van der Waals surface area contributed by atoms with Gasteiger partial charge in [0.1, 0.15) is 0 Å². The van der Waals surface area contributed by atoms with E-state index in [0.29, 0.717) is 18.5 Å². The number of hydrogen-bond acceptors (Lipinski definition) is 4. The Morgan fingerprint density at radius 1 is 1.27 bits per heavy atom. The highest BCUT2D eigenvalue weighted by molar-refractivity contribution is 7.09. The van der Waals surface area contributed by atoms with E-state index in [4.69, 9.17) is 0 Å². The highest BCUT2D eigenvalue weighted by Gasteiger charge is 2.20. The van der Waals surface area contributed by atoms with Gasteiger partial charge in [-0.1, -0.05) is 32.0 Å². The van der Waals surface area contributed by atoms with E-state index in [2.05, 4.69) is 75.1 Å². The van der Waals surface area contributed by atoms with Crippen molar-refractivity contribution in [2.24, 2.45) is 4.99 Å². The molecule has 1 aliphatic heterocycles. The number of piperidine rings is 1. The molecule has 0 radical (unpaired) electrons. The topological polar surface area (TPSA) is 52.6 Å². The fourth-order valence-corrected chi connectivity index (χ4v) is 3.99. The first-order chi connectivity index (χ1) is 12.7. The van der Waals surface area contributed by atoms with E-state index in [9.17, 15) is 0 Å². The molecule has 26 heavy (non-hydrogen) atoms. The van der Waals surface area contributed by atoms with Gasteiger partial charge in [0, 0.05) is 43.2 Å². The third-order valence-electron chi connectivity index (χ3n) is 4.68. The second-order valence-electron chi connectivity index (χ2n) is 7.00. The Morgan fingerprint density at radius 3 is 2.62 bits per heavy atom. The first kappa shape index (κ1) is 18.7. The maximum Gasteiger partial charge on any atom is 0.191 e. The first-order valence-corrected chi connectivity index (χ1v) is 10.2. The Bertz CT molecular complexity index is 702. The van der Waals surface area contributed by atoms with Crippen LogP contribution in [0.1, 0.15) is 43.3 Å². The third kappa shape index (κ3) is 4.97. The summed E-state index contributed by atoms with van der Waals surface area (Å²) >= 11 is 1.73. The van der Waals surface area contributed by atoms with Crippen LogP contribution in [0.25, 0.3) is 0 Å². The molecule has 0 saturated carbocycles. The Morgan fingerprint density at radius 2 is 2.00 bits per heavy atom. The number of guanidine groups is 1. The van der Waals surface area contributed by atoms with Gasteiger partial charge in [0.05, 0.1) is 17.2 Å². The lowest BCUT2D eigenvalue weighted by Crippen LogP contribution is -2.48. The van der Waals surface area contributed by atoms with Gasteiger partial charge in [-0.15, -0.1) is 11.3 Å². The number of para-hydroxylation sites is 1. The molecule has 1 fully saturated rings. The van der Waals surface area contributed by atoms with E-state index in [-0.39, 0.29) is 0 Å². The second kappa shape index (κ2) is 9.03. The van der Waals surface area contributed by atoms with Gasteiger partial charge in [-0.2, -0.15) is 0 Å². The molecule has 2 aromatic rings. The number of nitrogens with zero attached hydrogens (tertiary/aromatic N) is 3. The fraction of sp³-hybridized carbons (Fsp3) is 0.500. The van der Waals surface area contributed by atoms with E-state index in [1.807, 2.05) is 7.05 Å². The molecule has 1 aromatic heterocycles. The lowest BCUT2D eigenvalue weighted by Gasteiger charge is -2.34. The van der Waals surface area contributed by atoms with Crippen LogP contribution in [0.4, 0.5) is 5.69 Å². The molecule has 0 aliphatic carbocycles. The summed E-state index contributed by atoms with van der Waals surface area (Å²) < 4.78 is 0. The Labute approximate surface area is 160 Å². The average molecular weight is 372 g/mol. The van der Waals surface area contributed by atoms with Crippen LogP contribution in [-0.4, -0.2) is 37.1 Å². The summed E-state index contributed by atoms with van der Waals surface area (Å²) in [5.41, 5.74) is 2.40.